The van der Waals surface area contributed by atoms with Gasteiger partial charge in [-0.3, -0.25) is 4.90 Å². The van der Waals surface area contributed by atoms with E-state index in [1.165, 1.54) is 0 Å². The van der Waals surface area contributed by atoms with Crippen LogP contribution in [0, 0.1) is 5.92 Å². The summed E-state index contributed by atoms with van der Waals surface area (Å²) in [4.78, 5) is 13.5. The standard InChI is InChI=1S/C14H25N5/c1-3-13-8-14(17-11-16-13)19-6-4-18(5-7-19)10-12(2)9-15/h8,11-12H,3-7,9-10,15H2,1-2H3. The van der Waals surface area contributed by atoms with Crippen molar-refractivity contribution in [3.63, 3.8) is 0 Å². The second-order valence-electron chi connectivity index (χ2n) is 5.35. The summed E-state index contributed by atoms with van der Waals surface area (Å²) in [6.07, 6.45) is 2.64. The van der Waals surface area contributed by atoms with Crippen LogP contribution in [0.25, 0.3) is 0 Å². The molecule has 1 atom stereocenters. The summed E-state index contributed by atoms with van der Waals surface area (Å²) < 4.78 is 0. The number of anilines is 1. The van der Waals surface area contributed by atoms with Gasteiger partial charge >= 0.3 is 0 Å². The molecule has 19 heavy (non-hydrogen) atoms. The third-order valence-electron chi connectivity index (χ3n) is 3.74. The minimum absolute atomic E-state index is 0.581. The average molecular weight is 263 g/mol. The molecular weight excluding hydrogens is 238 g/mol. The van der Waals surface area contributed by atoms with E-state index >= 15 is 0 Å². The number of hydrogen-bond acceptors (Lipinski definition) is 5. The predicted octanol–water partition coefficient (Wildman–Crippen LogP) is 0.756. The molecule has 0 radical (unpaired) electrons. The van der Waals surface area contributed by atoms with E-state index in [-0.39, 0.29) is 0 Å². The molecule has 0 aromatic carbocycles. The fourth-order valence-corrected chi connectivity index (χ4v) is 2.43. The molecule has 0 saturated carbocycles. The minimum Gasteiger partial charge on any atom is -0.354 e. The molecule has 2 N–H and O–H groups in total. The van der Waals surface area contributed by atoms with Crippen LogP contribution in [0.15, 0.2) is 12.4 Å². The number of rotatable bonds is 5. The first-order valence-corrected chi connectivity index (χ1v) is 7.21. The van der Waals surface area contributed by atoms with E-state index in [1.807, 2.05) is 0 Å². The van der Waals surface area contributed by atoms with Crippen molar-refractivity contribution in [2.45, 2.75) is 20.3 Å². The molecule has 0 spiro atoms. The van der Waals surface area contributed by atoms with E-state index in [4.69, 9.17) is 5.73 Å². The zero-order chi connectivity index (χ0) is 13.7. The lowest BCUT2D eigenvalue weighted by Crippen LogP contribution is -2.48. The van der Waals surface area contributed by atoms with Gasteiger partial charge in [0.15, 0.2) is 0 Å². The molecule has 2 rings (SSSR count). The number of aryl methyl sites for hydroxylation is 1. The Labute approximate surface area is 115 Å². The second kappa shape index (κ2) is 6.82. The third kappa shape index (κ3) is 3.88. The zero-order valence-electron chi connectivity index (χ0n) is 12.0. The summed E-state index contributed by atoms with van der Waals surface area (Å²) in [7, 11) is 0. The van der Waals surface area contributed by atoms with Gasteiger partial charge in [0.1, 0.15) is 12.1 Å². The first-order valence-electron chi connectivity index (χ1n) is 7.21. The molecule has 1 unspecified atom stereocenters. The molecule has 0 amide bonds. The van der Waals surface area contributed by atoms with Gasteiger partial charge in [0.2, 0.25) is 0 Å². The number of nitrogens with two attached hydrogens (primary N) is 1. The van der Waals surface area contributed by atoms with Crippen LogP contribution in [-0.2, 0) is 6.42 Å². The monoisotopic (exact) mass is 263 g/mol. The Hall–Kier alpha value is -1.20. The molecule has 1 fully saturated rings. The van der Waals surface area contributed by atoms with E-state index in [1.54, 1.807) is 6.33 Å². The highest BCUT2D eigenvalue weighted by atomic mass is 15.3. The van der Waals surface area contributed by atoms with Gasteiger partial charge in [-0.15, -0.1) is 0 Å². The quantitative estimate of drug-likeness (QED) is 0.850. The summed E-state index contributed by atoms with van der Waals surface area (Å²) >= 11 is 0. The molecular formula is C14H25N5. The molecule has 1 aromatic heterocycles. The smallest absolute Gasteiger partial charge is 0.132 e. The van der Waals surface area contributed by atoms with Crippen molar-refractivity contribution in [1.82, 2.24) is 14.9 Å². The topological polar surface area (TPSA) is 58.3 Å². The van der Waals surface area contributed by atoms with Crippen molar-refractivity contribution in [2.75, 3.05) is 44.2 Å². The zero-order valence-corrected chi connectivity index (χ0v) is 12.0. The van der Waals surface area contributed by atoms with Crippen molar-refractivity contribution < 1.29 is 0 Å². The van der Waals surface area contributed by atoms with Crippen molar-refractivity contribution in [1.29, 1.82) is 0 Å². The molecule has 5 heteroatoms. The lowest BCUT2D eigenvalue weighted by molar-refractivity contribution is 0.226. The highest BCUT2D eigenvalue weighted by Crippen LogP contribution is 2.14. The summed E-state index contributed by atoms with van der Waals surface area (Å²) in [6, 6.07) is 2.11. The Bertz CT molecular complexity index is 387. The molecule has 0 bridgehead atoms. The van der Waals surface area contributed by atoms with E-state index in [0.29, 0.717) is 5.92 Å². The number of piperazine rings is 1. The number of hydrogen-bond donors (Lipinski definition) is 1. The fourth-order valence-electron chi connectivity index (χ4n) is 2.43. The van der Waals surface area contributed by atoms with Gasteiger partial charge < -0.3 is 10.6 Å². The maximum absolute atomic E-state index is 5.69. The Morgan fingerprint density at radius 3 is 2.63 bits per heavy atom. The largest absolute Gasteiger partial charge is 0.354 e. The molecule has 1 aliphatic heterocycles. The molecule has 2 heterocycles. The Balaban J connectivity index is 1.88. The normalized spacial score (nSPS) is 18.6. The van der Waals surface area contributed by atoms with E-state index in [9.17, 15) is 0 Å². The summed E-state index contributed by atoms with van der Waals surface area (Å²) in [6.45, 7) is 10.5. The van der Waals surface area contributed by atoms with E-state index in [0.717, 1.165) is 57.2 Å². The maximum atomic E-state index is 5.69. The first kappa shape index (κ1) is 14.2. The average Bonchev–Trinajstić information content (AvgIpc) is 2.48. The van der Waals surface area contributed by atoms with Gasteiger partial charge in [0.25, 0.3) is 0 Å². The van der Waals surface area contributed by atoms with Crippen molar-refractivity contribution in [3.8, 4) is 0 Å². The van der Waals surface area contributed by atoms with E-state index in [2.05, 4.69) is 39.7 Å². The summed E-state index contributed by atoms with van der Waals surface area (Å²) in [5.74, 6) is 1.65. The Morgan fingerprint density at radius 2 is 2.00 bits per heavy atom. The van der Waals surface area contributed by atoms with Crippen molar-refractivity contribution >= 4 is 5.82 Å². The number of nitrogens with zero attached hydrogens (tertiary/aromatic N) is 4. The summed E-state index contributed by atoms with van der Waals surface area (Å²) in [5.41, 5.74) is 6.80. The highest BCUT2D eigenvalue weighted by Gasteiger charge is 2.19. The highest BCUT2D eigenvalue weighted by molar-refractivity contribution is 5.39. The molecule has 1 aromatic rings. The SMILES string of the molecule is CCc1cc(N2CCN(CC(C)CN)CC2)ncn1. The van der Waals surface area contributed by atoms with Gasteiger partial charge in [-0.25, -0.2) is 9.97 Å². The minimum atomic E-state index is 0.581. The molecule has 1 aliphatic rings. The number of aromatic nitrogens is 2. The predicted molar refractivity (Wildman–Crippen MR) is 78.3 cm³/mol. The Morgan fingerprint density at radius 1 is 1.26 bits per heavy atom. The lowest BCUT2D eigenvalue weighted by Gasteiger charge is -2.36. The van der Waals surface area contributed by atoms with Gasteiger partial charge in [-0.1, -0.05) is 13.8 Å². The van der Waals surface area contributed by atoms with Gasteiger partial charge in [-0.05, 0) is 18.9 Å². The van der Waals surface area contributed by atoms with Crippen LogP contribution in [0.2, 0.25) is 0 Å². The van der Waals surface area contributed by atoms with Gasteiger partial charge in [-0.2, -0.15) is 0 Å². The third-order valence-corrected chi connectivity index (χ3v) is 3.74. The molecule has 5 nitrogen and oxygen atoms in total. The molecule has 0 aliphatic carbocycles. The summed E-state index contributed by atoms with van der Waals surface area (Å²) in [5, 5.41) is 0. The lowest BCUT2D eigenvalue weighted by atomic mass is 10.1. The Kier molecular flexibility index (Phi) is 5.10. The first-order chi connectivity index (χ1) is 9.22. The van der Waals surface area contributed by atoms with Gasteiger partial charge in [0, 0.05) is 44.5 Å². The van der Waals surface area contributed by atoms with Crippen LogP contribution in [0.3, 0.4) is 0 Å². The van der Waals surface area contributed by atoms with Crippen molar-refractivity contribution in [3.05, 3.63) is 18.1 Å². The molecule has 1 saturated heterocycles. The van der Waals surface area contributed by atoms with Crippen LogP contribution in [-0.4, -0.2) is 54.1 Å². The van der Waals surface area contributed by atoms with Crippen LogP contribution in [0.5, 0.6) is 0 Å². The van der Waals surface area contributed by atoms with Crippen molar-refractivity contribution in [2.24, 2.45) is 11.7 Å². The van der Waals surface area contributed by atoms with Crippen LogP contribution >= 0.6 is 0 Å². The van der Waals surface area contributed by atoms with Crippen LogP contribution < -0.4 is 10.6 Å². The fraction of sp³-hybridized carbons (Fsp3) is 0.714. The molecule has 106 valence electrons. The second-order valence-corrected chi connectivity index (χ2v) is 5.35. The van der Waals surface area contributed by atoms with Crippen LogP contribution in [0.1, 0.15) is 19.5 Å². The maximum Gasteiger partial charge on any atom is 0.132 e. The van der Waals surface area contributed by atoms with Gasteiger partial charge in [0.05, 0.1) is 0 Å². The van der Waals surface area contributed by atoms with E-state index < -0.39 is 0 Å². The van der Waals surface area contributed by atoms with Crippen LogP contribution in [0.4, 0.5) is 5.82 Å².